The maximum atomic E-state index is 12.6. The molecule has 150 valence electrons. The quantitative estimate of drug-likeness (QED) is 0.699. The molecule has 1 aliphatic heterocycles. The lowest BCUT2D eigenvalue weighted by Gasteiger charge is -2.19. The predicted octanol–water partition coefficient (Wildman–Crippen LogP) is 3.62. The Labute approximate surface area is 173 Å². The van der Waals surface area contributed by atoms with Crippen LogP contribution in [-0.2, 0) is 4.79 Å². The van der Waals surface area contributed by atoms with Crippen molar-refractivity contribution >= 4 is 34.7 Å². The molecule has 0 atom stereocenters. The molecule has 30 heavy (non-hydrogen) atoms. The van der Waals surface area contributed by atoms with Gasteiger partial charge in [0.05, 0.1) is 29.5 Å². The molecule has 1 aromatic carbocycles. The molecule has 2 aromatic heterocycles. The fraction of sp³-hybridized carbons (Fsp3) is 0.136. The Bertz CT molecular complexity index is 1170. The number of urea groups is 1. The van der Waals surface area contributed by atoms with Crippen LogP contribution in [0.1, 0.15) is 11.3 Å². The van der Waals surface area contributed by atoms with Gasteiger partial charge in [0.25, 0.3) is 5.91 Å². The minimum absolute atomic E-state index is 0.234. The number of aryl methyl sites for hydroxylation is 1. The number of benzene rings is 1. The van der Waals surface area contributed by atoms with Crippen LogP contribution in [0.25, 0.3) is 11.1 Å². The van der Waals surface area contributed by atoms with Gasteiger partial charge in [0.1, 0.15) is 5.71 Å². The van der Waals surface area contributed by atoms with Gasteiger partial charge in [-0.05, 0) is 42.8 Å². The summed E-state index contributed by atoms with van der Waals surface area (Å²) in [5, 5.41) is 5.60. The second kappa shape index (κ2) is 7.75. The van der Waals surface area contributed by atoms with Gasteiger partial charge in [0.15, 0.2) is 0 Å². The molecule has 0 radical (unpaired) electrons. The molecule has 0 unspecified atom stereocenters. The zero-order valence-corrected chi connectivity index (χ0v) is 16.8. The van der Waals surface area contributed by atoms with E-state index in [0.717, 1.165) is 28.1 Å². The maximum absolute atomic E-state index is 12.6. The van der Waals surface area contributed by atoms with E-state index in [4.69, 9.17) is 0 Å². The molecule has 8 nitrogen and oxygen atoms in total. The molecule has 0 aliphatic carbocycles. The fourth-order valence-corrected chi connectivity index (χ4v) is 2.94. The summed E-state index contributed by atoms with van der Waals surface area (Å²) >= 11 is 0. The van der Waals surface area contributed by atoms with Crippen LogP contribution in [0.2, 0.25) is 0 Å². The standard InChI is InChI=1S/C22H20N6O2/c1-13-4-6-16(12-24-13)25-21(29)20-18-9-14(5-7-19(18)27-20)15-8-17(11-23-10-15)26-22(30)28(2)3/h4-12H,1-3H3,(H,25,29)(H,26,30). The summed E-state index contributed by atoms with van der Waals surface area (Å²) in [5.74, 6) is -0.282. The molecule has 3 heterocycles. The lowest BCUT2D eigenvalue weighted by atomic mass is 9.96. The summed E-state index contributed by atoms with van der Waals surface area (Å²) in [5.41, 5.74) is 5.68. The van der Waals surface area contributed by atoms with Gasteiger partial charge in [-0.15, -0.1) is 0 Å². The first-order valence-electron chi connectivity index (χ1n) is 9.31. The Morgan fingerprint density at radius 3 is 2.47 bits per heavy atom. The van der Waals surface area contributed by atoms with Gasteiger partial charge in [-0.2, -0.15) is 0 Å². The first-order chi connectivity index (χ1) is 14.4. The fourth-order valence-electron chi connectivity index (χ4n) is 2.94. The number of nitrogens with one attached hydrogen (secondary N) is 2. The smallest absolute Gasteiger partial charge is 0.321 e. The Morgan fingerprint density at radius 1 is 0.900 bits per heavy atom. The number of aliphatic imine (C=N–C) groups is 1. The highest BCUT2D eigenvalue weighted by molar-refractivity contribution is 6.52. The summed E-state index contributed by atoms with van der Waals surface area (Å²) in [6.45, 7) is 1.88. The highest BCUT2D eigenvalue weighted by Gasteiger charge is 2.26. The van der Waals surface area contributed by atoms with E-state index in [2.05, 4.69) is 25.6 Å². The van der Waals surface area contributed by atoms with Gasteiger partial charge in [-0.1, -0.05) is 6.07 Å². The predicted molar refractivity (Wildman–Crippen MR) is 116 cm³/mol. The Hall–Kier alpha value is -4.07. The van der Waals surface area contributed by atoms with Crippen molar-refractivity contribution in [2.75, 3.05) is 24.7 Å². The monoisotopic (exact) mass is 400 g/mol. The molecular weight excluding hydrogens is 380 g/mol. The zero-order valence-electron chi connectivity index (χ0n) is 16.8. The number of carbonyl (C=O) groups is 2. The Balaban J connectivity index is 1.53. The molecule has 2 N–H and O–H groups in total. The van der Waals surface area contributed by atoms with E-state index in [-0.39, 0.29) is 11.9 Å². The van der Waals surface area contributed by atoms with Crippen LogP contribution in [-0.4, -0.2) is 46.6 Å². The third kappa shape index (κ3) is 3.88. The van der Waals surface area contributed by atoms with Crippen molar-refractivity contribution in [3.05, 3.63) is 66.2 Å². The number of hydrogen-bond acceptors (Lipinski definition) is 5. The van der Waals surface area contributed by atoms with Gasteiger partial charge >= 0.3 is 6.03 Å². The van der Waals surface area contributed by atoms with E-state index >= 15 is 0 Å². The molecule has 1 aliphatic rings. The molecule has 3 amide bonds. The highest BCUT2D eigenvalue weighted by Crippen LogP contribution is 2.34. The second-order valence-corrected chi connectivity index (χ2v) is 7.12. The van der Waals surface area contributed by atoms with Crippen LogP contribution in [0.4, 0.5) is 21.9 Å². The minimum atomic E-state index is -0.282. The molecule has 3 aromatic rings. The summed E-state index contributed by atoms with van der Waals surface area (Å²) in [4.78, 5) is 38.6. The topological polar surface area (TPSA) is 99.6 Å². The van der Waals surface area contributed by atoms with Crippen molar-refractivity contribution in [2.24, 2.45) is 4.99 Å². The van der Waals surface area contributed by atoms with E-state index in [1.807, 2.05) is 37.3 Å². The molecule has 0 saturated heterocycles. The molecule has 4 rings (SSSR count). The van der Waals surface area contributed by atoms with Crippen molar-refractivity contribution in [1.82, 2.24) is 14.9 Å². The van der Waals surface area contributed by atoms with Crippen LogP contribution < -0.4 is 10.6 Å². The van der Waals surface area contributed by atoms with E-state index < -0.39 is 0 Å². The normalized spacial score (nSPS) is 11.6. The maximum Gasteiger partial charge on any atom is 0.321 e. The SMILES string of the molecule is Cc1ccc(NC(=O)C2=Nc3ccc(-c4cncc(NC(=O)N(C)C)c4)cc32)cn1. The van der Waals surface area contributed by atoms with E-state index in [0.29, 0.717) is 17.1 Å². The number of anilines is 2. The molecular formula is C22H20N6O2. The van der Waals surface area contributed by atoms with Gasteiger partial charge < -0.3 is 15.5 Å². The van der Waals surface area contributed by atoms with E-state index in [9.17, 15) is 9.59 Å². The third-order valence-corrected chi connectivity index (χ3v) is 4.60. The summed E-state index contributed by atoms with van der Waals surface area (Å²) in [7, 11) is 3.34. The van der Waals surface area contributed by atoms with Crippen LogP contribution in [0.5, 0.6) is 0 Å². The lowest BCUT2D eigenvalue weighted by molar-refractivity contribution is -0.110. The Morgan fingerprint density at radius 2 is 1.73 bits per heavy atom. The van der Waals surface area contributed by atoms with E-state index in [1.54, 1.807) is 38.8 Å². The number of pyridine rings is 2. The number of rotatable bonds is 4. The first-order valence-corrected chi connectivity index (χ1v) is 9.31. The lowest BCUT2D eigenvalue weighted by Crippen LogP contribution is -2.27. The minimum Gasteiger partial charge on any atom is -0.331 e. The number of carbonyl (C=O) groups excluding carboxylic acids is 2. The number of nitrogens with zero attached hydrogens (tertiary/aromatic N) is 4. The summed E-state index contributed by atoms with van der Waals surface area (Å²) in [6.07, 6.45) is 4.91. The molecule has 0 spiro atoms. The number of fused-ring (bicyclic) bond motifs is 1. The van der Waals surface area contributed by atoms with Crippen molar-refractivity contribution in [3.63, 3.8) is 0 Å². The third-order valence-electron chi connectivity index (χ3n) is 4.60. The first kappa shape index (κ1) is 19.3. The second-order valence-electron chi connectivity index (χ2n) is 7.12. The number of aromatic nitrogens is 2. The van der Waals surface area contributed by atoms with Gasteiger partial charge in [-0.25, -0.2) is 9.79 Å². The van der Waals surface area contributed by atoms with Crippen molar-refractivity contribution < 1.29 is 9.59 Å². The zero-order chi connectivity index (χ0) is 21.3. The van der Waals surface area contributed by atoms with Crippen LogP contribution in [0, 0.1) is 6.92 Å². The Kier molecular flexibility index (Phi) is 4.97. The van der Waals surface area contributed by atoms with Crippen LogP contribution in [0.15, 0.2) is 60.0 Å². The van der Waals surface area contributed by atoms with Crippen LogP contribution >= 0.6 is 0 Å². The van der Waals surface area contributed by atoms with Gasteiger partial charge in [-0.3, -0.25) is 14.8 Å². The van der Waals surface area contributed by atoms with E-state index in [1.165, 1.54) is 4.90 Å². The molecule has 8 heteroatoms. The summed E-state index contributed by atoms with van der Waals surface area (Å²) < 4.78 is 0. The number of hydrogen-bond donors (Lipinski definition) is 2. The van der Waals surface area contributed by atoms with Crippen molar-refractivity contribution in [3.8, 4) is 11.1 Å². The molecule has 0 bridgehead atoms. The average molecular weight is 400 g/mol. The van der Waals surface area contributed by atoms with Gasteiger partial charge in [0, 0.05) is 37.1 Å². The highest BCUT2D eigenvalue weighted by atomic mass is 16.2. The van der Waals surface area contributed by atoms with Crippen LogP contribution in [0.3, 0.4) is 0 Å². The number of amides is 3. The van der Waals surface area contributed by atoms with Gasteiger partial charge in [0.2, 0.25) is 0 Å². The molecule has 0 saturated carbocycles. The average Bonchev–Trinajstić information content (AvgIpc) is 2.71. The van der Waals surface area contributed by atoms with Crippen molar-refractivity contribution in [2.45, 2.75) is 6.92 Å². The van der Waals surface area contributed by atoms with Crippen molar-refractivity contribution in [1.29, 1.82) is 0 Å². The molecule has 0 fully saturated rings. The summed E-state index contributed by atoms with van der Waals surface area (Å²) in [6, 6.07) is 10.9. The largest absolute Gasteiger partial charge is 0.331 e.